The first-order valence-corrected chi connectivity index (χ1v) is 10.3. The number of aromatic nitrogens is 2. The molecule has 0 amide bonds. The van der Waals surface area contributed by atoms with Crippen molar-refractivity contribution in [2.45, 2.75) is 19.3 Å². The van der Waals surface area contributed by atoms with Gasteiger partial charge in [0.05, 0.1) is 37.0 Å². The Morgan fingerprint density at radius 2 is 1.61 bits per heavy atom. The van der Waals surface area contributed by atoms with E-state index < -0.39 is 17.4 Å². The first kappa shape index (κ1) is 23.2. The van der Waals surface area contributed by atoms with Crippen LogP contribution in [0.4, 0.5) is 0 Å². The predicted molar refractivity (Wildman–Crippen MR) is 120 cm³/mol. The Balaban J connectivity index is 2.24. The van der Waals surface area contributed by atoms with Crippen LogP contribution in [0.1, 0.15) is 51.4 Å². The van der Waals surface area contributed by atoms with Crippen LogP contribution in [-0.2, 0) is 18.2 Å². The van der Waals surface area contributed by atoms with Gasteiger partial charge >= 0.3 is 5.97 Å². The average molecular weight is 442 g/mol. The van der Waals surface area contributed by atoms with E-state index in [1.165, 1.54) is 18.7 Å². The van der Waals surface area contributed by atoms with Crippen LogP contribution in [0, 0.1) is 22.7 Å². The third kappa shape index (κ3) is 4.60. The zero-order valence-electron chi connectivity index (χ0n) is 18.5. The number of carbonyl (C=O) groups is 1. The minimum atomic E-state index is -0.764. The summed E-state index contributed by atoms with van der Waals surface area (Å²) in [6.45, 7) is 1.77. The molecule has 33 heavy (non-hydrogen) atoms. The zero-order valence-corrected chi connectivity index (χ0v) is 18.5. The van der Waals surface area contributed by atoms with E-state index in [1.54, 1.807) is 31.2 Å². The van der Waals surface area contributed by atoms with Crippen LogP contribution < -0.4 is 10.3 Å². The quantitative estimate of drug-likeness (QED) is 0.516. The fourth-order valence-corrected chi connectivity index (χ4v) is 3.71. The van der Waals surface area contributed by atoms with Gasteiger partial charge in [-0.2, -0.15) is 10.5 Å². The van der Waals surface area contributed by atoms with Crippen molar-refractivity contribution in [2.75, 3.05) is 13.7 Å². The van der Waals surface area contributed by atoms with Crippen molar-refractivity contribution in [3.63, 3.8) is 0 Å². The summed E-state index contributed by atoms with van der Waals surface area (Å²) in [4.78, 5) is 29.8. The summed E-state index contributed by atoms with van der Waals surface area (Å²) in [7, 11) is 2.82. The smallest absolute Gasteiger partial charge is 0.361 e. The molecular formula is C25H22N4O4. The minimum absolute atomic E-state index is 0.113. The van der Waals surface area contributed by atoms with Crippen LogP contribution >= 0.6 is 0 Å². The molecule has 1 heterocycles. The molecule has 0 radical (unpaired) electrons. The summed E-state index contributed by atoms with van der Waals surface area (Å²) in [5, 5.41) is 19.4. The van der Waals surface area contributed by atoms with Gasteiger partial charge in [0, 0.05) is 19.4 Å². The van der Waals surface area contributed by atoms with Gasteiger partial charge in [0.2, 0.25) is 5.75 Å². The minimum Gasteiger partial charge on any atom is -0.489 e. The lowest BCUT2D eigenvalue weighted by atomic mass is 9.83. The highest BCUT2D eigenvalue weighted by atomic mass is 16.5. The Morgan fingerprint density at radius 3 is 2.09 bits per heavy atom. The molecule has 0 aliphatic carbocycles. The molecule has 3 aromatic rings. The number of ether oxygens (including phenoxy) is 2. The molecule has 0 aliphatic heterocycles. The van der Waals surface area contributed by atoms with Crippen molar-refractivity contribution in [1.82, 2.24) is 9.55 Å². The molecule has 3 rings (SSSR count). The summed E-state index contributed by atoms with van der Waals surface area (Å²) in [5.74, 6) is -1.15. The van der Waals surface area contributed by atoms with Gasteiger partial charge in [-0.1, -0.05) is 36.4 Å². The highest BCUT2D eigenvalue weighted by Gasteiger charge is 2.27. The van der Waals surface area contributed by atoms with Crippen molar-refractivity contribution in [2.24, 2.45) is 7.05 Å². The number of methoxy groups -OCH3 is 1. The number of carbonyl (C=O) groups excluding carboxylic acids is 1. The van der Waals surface area contributed by atoms with Gasteiger partial charge in [-0.05, 0) is 30.2 Å². The summed E-state index contributed by atoms with van der Waals surface area (Å²) < 4.78 is 11.5. The van der Waals surface area contributed by atoms with E-state index in [4.69, 9.17) is 9.47 Å². The molecule has 0 aliphatic rings. The molecule has 0 atom stereocenters. The standard InChI is InChI=1S/C25H22N4O4/c1-4-33-25(31)22-23(32-3)24(30)29(2)21(28-22)13-20(18-11-7-5-9-16(18)14-26)19-12-8-6-10-17(19)15-27/h5-12,20H,4,13H2,1-3H3. The normalized spacial score (nSPS) is 10.4. The molecule has 0 spiro atoms. The third-order valence-corrected chi connectivity index (χ3v) is 5.31. The highest BCUT2D eigenvalue weighted by molar-refractivity contribution is 5.90. The van der Waals surface area contributed by atoms with Gasteiger partial charge in [0.25, 0.3) is 5.56 Å². The topological polar surface area (TPSA) is 118 Å². The molecule has 0 saturated carbocycles. The number of rotatable bonds is 7. The second-order valence-electron chi connectivity index (χ2n) is 7.15. The molecule has 0 fully saturated rings. The molecule has 2 aromatic carbocycles. The van der Waals surface area contributed by atoms with Crippen LogP contribution in [0.15, 0.2) is 53.3 Å². The van der Waals surface area contributed by atoms with E-state index in [2.05, 4.69) is 17.1 Å². The van der Waals surface area contributed by atoms with Gasteiger partial charge in [0.1, 0.15) is 5.82 Å². The first-order valence-electron chi connectivity index (χ1n) is 10.3. The zero-order chi connectivity index (χ0) is 24.0. The maximum absolute atomic E-state index is 12.9. The summed E-state index contributed by atoms with van der Waals surface area (Å²) in [6, 6.07) is 18.5. The fraction of sp³-hybridized carbons (Fsp3) is 0.240. The van der Waals surface area contributed by atoms with Gasteiger partial charge in [-0.25, -0.2) is 9.78 Å². The maximum Gasteiger partial charge on any atom is 0.361 e. The second-order valence-corrected chi connectivity index (χ2v) is 7.15. The largest absolute Gasteiger partial charge is 0.489 e. The number of hydrogen-bond donors (Lipinski definition) is 0. The average Bonchev–Trinajstić information content (AvgIpc) is 2.85. The van der Waals surface area contributed by atoms with E-state index in [0.29, 0.717) is 22.3 Å². The molecule has 0 N–H and O–H groups in total. The van der Waals surface area contributed by atoms with E-state index in [0.717, 1.165) is 0 Å². The number of esters is 1. The third-order valence-electron chi connectivity index (χ3n) is 5.31. The molecule has 0 unspecified atom stereocenters. The number of benzene rings is 2. The Morgan fingerprint density at radius 1 is 1.06 bits per heavy atom. The molecule has 8 heteroatoms. The van der Waals surface area contributed by atoms with E-state index in [-0.39, 0.29) is 30.3 Å². The number of nitrogens with zero attached hydrogens (tertiary/aromatic N) is 4. The molecule has 1 aromatic heterocycles. The van der Waals surface area contributed by atoms with Crippen molar-refractivity contribution in [1.29, 1.82) is 10.5 Å². The van der Waals surface area contributed by atoms with Gasteiger partial charge in [-0.3, -0.25) is 9.36 Å². The van der Waals surface area contributed by atoms with Gasteiger partial charge in [0.15, 0.2) is 5.69 Å². The Labute approximate surface area is 191 Å². The van der Waals surface area contributed by atoms with Crippen LogP contribution in [0.2, 0.25) is 0 Å². The van der Waals surface area contributed by atoms with Crippen molar-refractivity contribution >= 4 is 5.97 Å². The lowest BCUT2D eigenvalue weighted by molar-refractivity contribution is 0.0514. The van der Waals surface area contributed by atoms with Crippen LogP contribution in [0.25, 0.3) is 0 Å². The van der Waals surface area contributed by atoms with Gasteiger partial charge in [-0.15, -0.1) is 0 Å². The molecular weight excluding hydrogens is 420 g/mol. The SMILES string of the molecule is CCOC(=O)c1nc(CC(c2ccccc2C#N)c2ccccc2C#N)n(C)c(=O)c1OC. The van der Waals surface area contributed by atoms with E-state index in [1.807, 2.05) is 24.3 Å². The van der Waals surface area contributed by atoms with Crippen LogP contribution in [0.5, 0.6) is 5.75 Å². The van der Waals surface area contributed by atoms with Crippen LogP contribution in [0.3, 0.4) is 0 Å². The van der Waals surface area contributed by atoms with Gasteiger partial charge < -0.3 is 9.47 Å². The number of hydrogen-bond acceptors (Lipinski definition) is 7. The van der Waals surface area contributed by atoms with Crippen molar-refractivity contribution < 1.29 is 14.3 Å². The Hall–Kier alpha value is -4.43. The molecule has 0 saturated heterocycles. The molecule has 8 nitrogen and oxygen atoms in total. The maximum atomic E-state index is 12.9. The monoisotopic (exact) mass is 442 g/mol. The van der Waals surface area contributed by atoms with E-state index >= 15 is 0 Å². The second kappa shape index (κ2) is 10.3. The lowest BCUT2D eigenvalue weighted by Gasteiger charge is -2.22. The molecule has 166 valence electrons. The Bertz CT molecular complexity index is 1270. The summed E-state index contributed by atoms with van der Waals surface area (Å²) in [5.41, 5.74) is 1.51. The highest BCUT2D eigenvalue weighted by Crippen LogP contribution is 2.32. The lowest BCUT2D eigenvalue weighted by Crippen LogP contribution is -2.28. The summed E-state index contributed by atoms with van der Waals surface area (Å²) >= 11 is 0. The Kier molecular flexibility index (Phi) is 7.22. The number of nitriles is 2. The summed E-state index contributed by atoms with van der Waals surface area (Å²) in [6.07, 6.45) is 0.152. The first-order chi connectivity index (χ1) is 16.0. The predicted octanol–water partition coefficient (Wildman–Crippen LogP) is 3.08. The fourth-order valence-electron chi connectivity index (χ4n) is 3.71. The van der Waals surface area contributed by atoms with Crippen LogP contribution in [-0.4, -0.2) is 29.2 Å². The van der Waals surface area contributed by atoms with E-state index in [9.17, 15) is 20.1 Å². The molecule has 0 bridgehead atoms. The van der Waals surface area contributed by atoms with Crippen molar-refractivity contribution in [3.8, 4) is 17.9 Å². The van der Waals surface area contributed by atoms with Crippen molar-refractivity contribution in [3.05, 3.63) is 92.7 Å².